The molecule has 0 bridgehead atoms. The van der Waals surface area contributed by atoms with E-state index in [2.05, 4.69) is 10.3 Å². The highest BCUT2D eigenvalue weighted by molar-refractivity contribution is 6.34. The maximum atomic E-state index is 12.7. The van der Waals surface area contributed by atoms with Crippen LogP contribution in [0.4, 0.5) is 5.69 Å². The van der Waals surface area contributed by atoms with E-state index < -0.39 is 0 Å². The van der Waals surface area contributed by atoms with E-state index in [0.717, 1.165) is 5.69 Å². The number of rotatable bonds is 3. The lowest BCUT2D eigenvalue weighted by atomic mass is 10.2. The molecular formula is C17H15ClN4O. The first-order valence-corrected chi connectivity index (χ1v) is 7.47. The minimum atomic E-state index is -0.252. The van der Waals surface area contributed by atoms with Crippen molar-refractivity contribution in [3.63, 3.8) is 0 Å². The van der Waals surface area contributed by atoms with Gasteiger partial charge in [-0.3, -0.25) is 4.79 Å². The molecule has 3 aromatic rings. The maximum absolute atomic E-state index is 12.7. The Bertz CT molecular complexity index is 845. The number of nitrogens with zero attached hydrogens (tertiary/aromatic N) is 4. The molecule has 1 aromatic heterocycles. The van der Waals surface area contributed by atoms with E-state index in [0.29, 0.717) is 22.1 Å². The fourth-order valence-electron chi connectivity index (χ4n) is 2.33. The van der Waals surface area contributed by atoms with Gasteiger partial charge in [0, 0.05) is 7.05 Å². The van der Waals surface area contributed by atoms with E-state index in [4.69, 9.17) is 11.6 Å². The Hall–Kier alpha value is -2.66. The molecule has 0 N–H and O–H groups in total. The average Bonchev–Trinajstić information content (AvgIpc) is 2.96. The van der Waals surface area contributed by atoms with Gasteiger partial charge in [-0.1, -0.05) is 47.1 Å². The summed E-state index contributed by atoms with van der Waals surface area (Å²) >= 11 is 6.16. The number of para-hydroxylation sites is 2. The molecule has 0 unspecified atom stereocenters. The second-order valence-electron chi connectivity index (χ2n) is 5.09. The Kier molecular flexibility index (Phi) is 4.12. The first-order valence-electron chi connectivity index (χ1n) is 7.10. The zero-order valence-electron chi connectivity index (χ0n) is 12.8. The molecule has 5 nitrogen and oxygen atoms in total. The second kappa shape index (κ2) is 6.22. The molecule has 0 atom stereocenters. The van der Waals surface area contributed by atoms with Crippen LogP contribution in [0.1, 0.15) is 16.2 Å². The Labute approximate surface area is 139 Å². The molecule has 2 aromatic carbocycles. The smallest absolute Gasteiger partial charge is 0.280 e. The highest BCUT2D eigenvalue weighted by Crippen LogP contribution is 2.25. The molecule has 23 heavy (non-hydrogen) atoms. The molecule has 3 rings (SSSR count). The average molecular weight is 327 g/mol. The number of amides is 1. The lowest BCUT2D eigenvalue weighted by Gasteiger charge is -2.17. The zero-order chi connectivity index (χ0) is 16.4. The van der Waals surface area contributed by atoms with Crippen molar-refractivity contribution in [3.05, 3.63) is 71.0 Å². The summed E-state index contributed by atoms with van der Waals surface area (Å²) in [5, 5.41) is 8.65. The first kappa shape index (κ1) is 15.2. The molecule has 0 saturated carbocycles. The van der Waals surface area contributed by atoms with Crippen molar-refractivity contribution in [2.24, 2.45) is 0 Å². The Morgan fingerprint density at radius 1 is 1.09 bits per heavy atom. The van der Waals surface area contributed by atoms with E-state index in [1.807, 2.05) is 49.4 Å². The van der Waals surface area contributed by atoms with E-state index in [1.54, 1.807) is 23.9 Å². The Morgan fingerprint density at radius 3 is 2.43 bits per heavy atom. The largest absolute Gasteiger partial charge is 0.308 e. The van der Waals surface area contributed by atoms with Crippen LogP contribution in [0, 0.1) is 6.92 Å². The Morgan fingerprint density at radius 2 is 1.74 bits per heavy atom. The third-order valence-corrected chi connectivity index (χ3v) is 3.94. The normalized spacial score (nSPS) is 10.6. The maximum Gasteiger partial charge on any atom is 0.280 e. The van der Waals surface area contributed by atoms with Crippen molar-refractivity contribution in [3.8, 4) is 5.69 Å². The van der Waals surface area contributed by atoms with Gasteiger partial charge >= 0.3 is 0 Å². The first-order chi connectivity index (χ1) is 11.1. The second-order valence-corrected chi connectivity index (χ2v) is 5.49. The summed E-state index contributed by atoms with van der Waals surface area (Å²) in [6, 6.07) is 16.8. The summed E-state index contributed by atoms with van der Waals surface area (Å²) in [4.78, 5) is 14.2. The van der Waals surface area contributed by atoms with Crippen molar-refractivity contribution >= 4 is 23.2 Å². The number of aromatic nitrogens is 3. The number of carbonyl (C=O) groups excluding carboxylic acids is 1. The molecule has 0 aliphatic rings. The van der Waals surface area contributed by atoms with Crippen molar-refractivity contribution in [2.45, 2.75) is 6.92 Å². The van der Waals surface area contributed by atoms with Gasteiger partial charge in [0.25, 0.3) is 5.91 Å². The topological polar surface area (TPSA) is 51.0 Å². The predicted molar refractivity (Wildman–Crippen MR) is 90.3 cm³/mol. The van der Waals surface area contributed by atoms with E-state index >= 15 is 0 Å². The number of halogens is 1. The van der Waals surface area contributed by atoms with Gasteiger partial charge in [-0.2, -0.15) is 0 Å². The van der Waals surface area contributed by atoms with Crippen molar-refractivity contribution in [1.29, 1.82) is 0 Å². The van der Waals surface area contributed by atoms with Crippen LogP contribution in [0.3, 0.4) is 0 Å². The van der Waals surface area contributed by atoms with E-state index in [1.165, 1.54) is 4.90 Å². The monoisotopic (exact) mass is 326 g/mol. The molecule has 116 valence electrons. The molecule has 6 heteroatoms. The fraction of sp³-hybridized carbons (Fsp3) is 0.118. The Balaban J connectivity index is 1.95. The lowest BCUT2D eigenvalue weighted by molar-refractivity contribution is 0.0987. The van der Waals surface area contributed by atoms with Crippen molar-refractivity contribution in [1.82, 2.24) is 15.0 Å². The number of hydrogen-bond donors (Lipinski definition) is 0. The molecular weight excluding hydrogens is 312 g/mol. The number of carbonyl (C=O) groups is 1. The highest BCUT2D eigenvalue weighted by atomic mass is 35.5. The van der Waals surface area contributed by atoms with Crippen LogP contribution < -0.4 is 4.90 Å². The zero-order valence-corrected chi connectivity index (χ0v) is 13.5. The van der Waals surface area contributed by atoms with Gasteiger partial charge in [0.1, 0.15) is 0 Å². The number of anilines is 1. The van der Waals surface area contributed by atoms with Crippen LogP contribution in [-0.2, 0) is 0 Å². The van der Waals surface area contributed by atoms with Gasteiger partial charge in [-0.05, 0) is 31.2 Å². The standard InChI is InChI=1S/C17H15ClN4O/c1-12-16(19-20-22(12)13-8-4-3-5-9-13)17(23)21(2)15-11-7-6-10-14(15)18/h3-11H,1-2H3. The third kappa shape index (κ3) is 2.83. The summed E-state index contributed by atoms with van der Waals surface area (Å²) in [6.07, 6.45) is 0. The fourth-order valence-corrected chi connectivity index (χ4v) is 2.60. The van der Waals surface area contributed by atoms with Crippen LogP contribution in [0.5, 0.6) is 0 Å². The van der Waals surface area contributed by atoms with Gasteiger partial charge in [0.2, 0.25) is 0 Å². The SMILES string of the molecule is Cc1c(C(=O)N(C)c2ccccc2Cl)nnn1-c1ccccc1. The summed E-state index contributed by atoms with van der Waals surface area (Å²) in [5.74, 6) is -0.252. The van der Waals surface area contributed by atoms with Gasteiger partial charge in [0.05, 0.1) is 22.1 Å². The van der Waals surface area contributed by atoms with Gasteiger partial charge in [0.15, 0.2) is 5.69 Å². The van der Waals surface area contributed by atoms with Crippen molar-refractivity contribution in [2.75, 3.05) is 11.9 Å². The molecule has 0 spiro atoms. The summed E-state index contributed by atoms with van der Waals surface area (Å²) in [6.45, 7) is 1.82. The van der Waals surface area contributed by atoms with E-state index in [-0.39, 0.29) is 5.91 Å². The lowest BCUT2D eigenvalue weighted by Crippen LogP contribution is -2.27. The summed E-state index contributed by atoms with van der Waals surface area (Å²) in [5.41, 5.74) is 2.47. The van der Waals surface area contributed by atoms with E-state index in [9.17, 15) is 4.79 Å². The summed E-state index contributed by atoms with van der Waals surface area (Å²) in [7, 11) is 1.67. The minimum Gasteiger partial charge on any atom is -0.308 e. The molecule has 0 radical (unpaired) electrons. The van der Waals surface area contributed by atoms with Crippen LogP contribution >= 0.6 is 11.6 Å². The molecule has 1 heterocycles. The molecule has 0 aliphatic heterocycles. The van der Waals surface area contributed by atoms with Crippen LogP contribution in [0.25, 0.3) is 5.69 Å². The predicted octanol–water partition coefficient (Wildman–Crippen LogP) is 3.51. The molecule has 0 aliphatic carbocycles. The van der Waals surface area contributed by atoms with Crippen LogP contribution in [-0.4, -0.2) is 27.9 Å². The third-order valence-electron chi connectivity index (χ3n) is 3.62. The van der Waals surface area contributed by atoms with Gasteiger partial charge < -0.3 is 4.90 Å². The number of benzene rings is 2. The molecule has 0 fully saturated rings. The van der Waals surface area contributed by atoms with Gasteiger partial charge in [-0.25, -0.2) is 4.68 Å². The van der Waals surface area contributed by atoms with Crippen molar-refractivity contribution < 1.29 is 4.79 Å². The quantitative estimate of drug-likeness (QED) is 0.740. The van der Waals surface area contributed by atoms with Crippen LogP contribution in [0.15, 0.2) is 54.6 Å². The minimum absolute atomic E-state index is 0.252. The molecule has 1 amide bonds. The summed E-state index contributed by atoms with van der Waals surface area (Å²) < 4.78 is 1.65. The van der Waals surface area contributed by atoms with Crippen LogP contribution in [0.2, 0.25) is 5.02 Å². The molecule has 0 saturated heterocycles. The highest BCUT2D eigenvalue weighted by Gasteiger charge is 2.22. The van der Waals surface area contributed by atoms with Gasteiger partial charge in [-0.15, -0.1) is 5.10 Å². The number of hydrogen-bond acceptors (Lipinski definition) is 3.